The molecule has 7 heavy (non-hydrogen) atoms. The molecule has 0 aromatic carbocycles. The van der Waals surface area contributed by atoms with Gasteiger partial charge in [0.05, 0.1) is 0 Å². The van der Waals surface area contributed by atoms with E-state index in [0.717, 1.165) is 0 Å². The van der Waals surface area contributed by atoms with Gasteiger partial charge in [-0.05, 0) is 8.15 Å². The van der Waals surface area contributed by atoms with Gasteiger partial charge in [-0.2, -0.15) is 0 Å². The van der Waals surface area contributed by atoms with E-state index >= 15 is 0 Å². The molecule has 0 atom stereocenters. The molecular formula is HKO4P2. The average Bonchev–Trinajstić information content (AvgIpc) is 1.61. The van der Waals surface area contributed by atoms with E-state index in [0.29, 0.717) is 0 Å². The first-order valence-corrected chi connectivity index (χ1v) is 3.24. The normalized spacial score (nSPS) is 9.86. The summed E-state index contributed by atoms with van der Waals surface area (Å²) in [5, 5.41) is 10.4. The summed E-state index contributed by atoms with van der Waals surface area (Å²) in [5.41, 5.74) is 0. The first kappa shape index (κ1) is 11.8. The second kappa shape index (κ2) is 10.9. The molecule has 0 aliphatic rings. The Hall–Kier alpha value is 2.05. The molecule has 4 nitrogen and oxygen atoms in total. The number of hydrogen-bond acceptors (Lipinski definition) is 4. The summed E-state index contributed by atoms with van der Waals surface area (Å²) in [6, 6.07) is 0. The summed E-state index contributed by atoms with van der Waals surface area (Å²) in [6.45, 7) is 0. The zero-order valence-corrected chi connectivity index (χ0v) is 8.48. The SMILES string of the molecule is O=P[P-]OOO.[K+]. The van der Waals surface area contributed by atoms with Crippen molar-refractivity contribution in [2.45, 2.75) is 0 Å². The van der Waals surface area contributed by atoms with Gasteiger partial charge in [0.2, 0.25) is 0 Å². The smallest absolute Gasteiger partial charge is 0.378 e. The third kappa shape index (κ3) is 11.6. The van der Waals surface area contributed by atoms with E-state index in [2.05, 4.69) is 9.71 Å². The molecule has 0 radical (unpaired) electrons. The van der Waals surface area contributed by atoms with E-state index in [1.54, 1.807) is 0 Å². The molecule has 0 unspecified atom stereocenters. The van der Waals surface area contributed by atoms with Crippen molar-refractivity contribution in [3.8, 4) is 0 Å². The molecule has 0 aliphatic heterocycles. The maximum absolute atomic E-state index is 9.33. The zero-order chi connectivity index (χ0) is 4.83. The van der Waals surface area contributed by atoms with Gasteiger partial charge in [-0.25, -0.2) is 13.8 Å². The van der Waals surface area contributed by atoms with Crippen molar-refractivity contribution in [2.75, 3.05) is 0 Å². The Morgan fingerprint density at radius 1 is 1.71 bits per heavy atom. The van der Waals surface area contributed by atoms with E-state index in [1.165, 1.54) is 0 Å². The van der Waals surface area contributed by atoms with Gasteiger partial charge in [-0.15, -0.1) is 5.04 Å². The summed E-state index contributed by atoms with van der Waals surface area (Å²) in [5.74, 6) is 0. The van der Waals surface area contributed by atoms with E-state index in [-0.39, 0.29) is 68.0 Å². The van der Waals surface area contributed by atoms with Gasteiger partial charge in [-0.3, -0.25) is 0 Å². The van der Waals surface area contributed by atoms with Crippen molar-refractivity contribution >= 4 is 16.6 Å². The summed E-state index contributed by atoms with van der Waals surface area (Å²) in [4.78, 5) is 0. The van der Waals surface area contributed by atoms with Crippen LogP contribution in [0.3, 0.4) is 0 Å². The zero-order valence-electron chi connectivity index (χ0n) is 3.57. The minimum atomic E-state index is -0.240. The molecule has 0 heterocycles. The molecule has 0 amide bonds. The molecule has 0 saturated carbocycles. The van der Waals surface area contributed by atoms with Gasteiger partial charge >= 0.3 is 51.4 Å². The Balaban J connectivity index is 0. The van der Waals surface area contributed by atoms with Crippen molar-refractivity contribution in [3.63, 3.8) is 0 Å². The topological polar surface area (TPSA) is 55.8 Å². The van der Waals surface area contributed by atoms with Crippen molar-refractivity contribution in [1.82, 2.24) is 0 Å². The Labute approximate surface area is 86.2 Å². The van der Waals surface area contributed by atoms with Gasteiger partial charge in [-0.1, -0.05) is 0 Å². The van der Waals surface area contributed by atoms with E-state index in [9.17, 15) is 4.57 Å². The van der Waals surface area contributed by atoms with Crippen LogP contribution in [0.15, 0.2) is 0 Å². The van der Waals surface area contributed by atoms with Crippen LogP contribution in [0.2, 0.25) is 0 Å². The fraction of sp³-hybridized carbons (Fsp3) is 0. The van der Waals surface area contributed by atoms with Crippen molar-refractivity contribution in [1.29, 1.82) is 0 Å². The molecule has 0 aliphatic carbocycles. The van der Waals surface area contributed by atoms with Crippen LogP contribution in [0, 0.1) is 0 Å². The second-order valence-corrected chi connectivity index (χ2v) is 1.77. The molecule has 1 N–H and O–H groups in total. The Bertz CT molecular complexity index is 38.7. The van der Waals surface area contributed by atoms with Crippen LogP contribution < -0.4 is 51.4 Å². The molecule has 0 aromatic rings. The van der Waals surface area contributed by atoms with Crippen LogP contribution in [-0.2, 0) is 14.3 Å². The Kier molecular flexibility index (Phi) is 18.4. The summed E-state index contributed by atoms with van der Waals surface area (Å²) >= 11 is 0. The summed E-state index contributed by atoms with van der Waals surface area (Å²) in [6.07, 6.45) is 0. The summed E-state index contributed by atoms with van der Waals surface area (Å²) < 4.78 is 13.0. The van der Waals surface area contributed by atoms with Gasteiger partial charge in [0.25, 0.3) is 0 Å². The molecule has 0 saturated heterocycles. The predicted molar refractivity (Wildman–Crippen MR) is 19.3 cm³/mol. The maximum Gasteiger partial charge on any atom is 1.00 e. The Morgan fingerprint density at radius 2 is 2.29 bits per heavy atom. The van der Waals surface area contributed by atoms with Gasteiger partial charge in [0.1, 0.15) is 0 Å². The van der Waals surface area contributed by atoms with E-state index in [1.807, 2.05) is 0 Å². The van der Waals surface area contributed by atoms with Gasteiger partial charge < -0.3 is 9.24 Å². The first-order valence-electron chi connectivity index (χ1n) is 0.914. The first-order chi connectivity index (χ1) is 2.91. The van der Waals surface area contributed by atoms with Crippen molar-refractivity contribution in [2.24, 2.45) is 0 Å². The monoisotopic (exact) mass is 166 g/mol. The predicted octanol–water partition coefficient (Wildman–Crippen LogP) is -1.52. The standard InChI is InChI=1S/K.HO4P2/c;1-3-4-6-5-2/h;1H/q+1;-1. The minimum Gasteiger partial charge on any atom is -0.378 e. The molecular weight excluding hydrogens is 165 g/mol. The average molecular weight is 166 g/mol. The number of rotatable bonds is 3. The fourth-order valence-corrected chi connectivity index (χ4v) is 0.257. The van der Waals surface area contributed by atoms with Crippen molar-refractivity contribution in [3.05, 3.63) is 0 Å². The minimum absolute atomic E-state index is 0. The molecule has 0 fully saturated rings. The van der Waals surface area contributed by atoms with E-state index in [4.69, 9.17) is 5.26 Å². The van der Waals surface area contributed by atoms with Gasteiger partial charge in [0.15, 0.2) is 0 Å². The largest absolute Gasteiger partial charge is 1.00 e. The van der Waals surface area contributed by atoms with E-state index < -0.39 is 0 Å². The summed E-state index contributed by atoms with van der Waals surface area (Å²) in [7, 11) is -0.184. The van der Waals surface area contributed by atoms with Crippen LogP contribution in [0.4, 0.5) is 0 Å². The molecule has 36 valence electrons. The molecule has 0 aromatic heterocycles. The van der Waals surface area contributed by atoms with Crippen LogP contribution in [0.1, 0.15) is 0 Å². The van der Waals surface area contributed by atoms with Gasteiger partial charge in [0, 0.05) is 0 Å². The molecule has 7 heteroatoms. The van der Waals surface area contributed by atoms with Crippen LogP contribution in [-0.4, -0.2) is 5.26 Å². The third-order valence-electron chi connectivity index (χ3n) is 0.100. The Morgan fingerprint density at radius 3 is 2.43 bits per heavy atom. The van der Waals surface area contributed by atoms with Crippen LogP contribution >= 0.6 is 16.6 Å². The second-order valence-electron chi connectivity index (χ2n) is 0.312. The molecule has 0 bridgehead atoms. The quantitative estimate of drug-likeness (QED) is 0.182. The molecule has 0 spiro atoms. The third-order valence-corrected chi connectivity index (χ3v) is 0.700. The van der Waals surface area contributed by atoms with Crippen molar-refractivity contribution < 1.29 is 70.9 Å². The van der Waals surface area contributed by atoms with Crippen LogP contribution in [0.25, 0.3) is 0 Å². The fourth-order valence-electron chi connectivity index (χ4n) is 0.0285. The van der Waals surface area contributed by atoms with Crippen LogP contribution in [0.5, 0.6) is 0 Å². The number of hydrogen-bond donors (Lipinski definition) is 1. The maximum atomic E-state index is 9.33. The molecule has 0 rings (SSSR count).